The molecule has 0 saturated carbocycles. The minimum atomic E-state index is -1.19. The quantitative estimate of drug-likeness (QED) is 0.263. The van der Waals surface area contributed by atoms with Crippen LogP contribution in [0.2, 0.25) is 0 Å². The van der Waals surface area contributed by atoms with Crippen molar-refractivity contribution >= 4 is 44.9 Å². The van der Waals surface area contributed by atoms with Crippen LogP contribution >= 0.6 is 11.3 Å². The van der Waals surface area contributed by atoms with Crippen molar-refractivity contribution in [3.63, 3.8) is 0 Å². The molecule has 212 valence electrons. The van der Waals surface area contributed by atoms with Crippen LogP contribution in [0.25, 0.3) is 11.0 Å². The summed E-state index contributed by atoms with van der Waals surface area (Å²) < 4.78 is 27.7. The SMILES string of the molecule is COc1cc(C2C(C(=O)c3cc4cccc(OC)c4o3)=C(O)C(=O)N2c2nc(C)c(C(C)=O)s2)cc(OC)c1OC. The number of Topliss-reactive ketones (excluding diaryl/α,β-unsaturated/α-hetero) is 2. The molecule has 3 heterocycles. The van der Waals surface area contributed by atoms with E-state index < -0.39 is 23.5 Å². The number of anilines is 1. The highest BCUT2D eigenvalue weighted by molar-refractivity contribution is 7.17. The molecule has 1 amide bonds. The summed E-state index contributed by atoms with van der Waals surface area (Å²) in [6.45, 7) is 3.04. The first kappa shape index (κ1) is 27.7. The maximum Gasteiger partial charge on any atom is 0.296 e. The number of benzene rings is 2. The highest BCUT2D eigenvalue weighted by atomic mass is 32.1. The van der Waals surface area contributed by atoms with Crippen LogP contribution in [0.1, 0.15) is 44.4 Å². The molecule has 12 heteroatoms. The number of furan rings is 1. The molecular weight excluding hydrogens is 552 g/mol. The Hall–Kier alpha value is -4.84. The first-order chi connectivity index (χ1) is 19.6. The average molecular weight is 579 g/mol. The molecule has 1 aliphatic rings. The second-order valence-electron chi connectivity index (χ2n) is 9.08. The molecule has 0 radical (unpaired) electrons. The van der Waals surface area contributed by atoms with Crippen molar-refractivity contribution in [2.45, 2.75) is 19.9 Å². The largest absolute Gasteiger partial charge is 0.503 e. The molecule has 2 aromatic carbocycles. The number of thiazole rings is 1. The van der Waals surface area contributed by atoms with Gasteiger partial charge in [-0.2, -0.15) is 0 Å². The van der Waals surface area contributed by atoms with Gasteiger partial charge >= 0.3 is 0 Å². The van der Waals surface area contributed by atoms with Gasteiger partial charge in [-0.3, -0.25) is 19.3 Å². The number of fused-ring (bicyclic) bond motifs is 1. The Bertz CT molecular complexity index is 1730. The number of carbonyl (C=O) groups excluding carboxylic acids is 3. The minimum Gasteiger partial charge on any atom is -0.503 e. The van der Waals surface area contributed by atoms with Crippen LogP contribution in [0.15, 0.2) is 52.1 Å². The predicted octanol–water partition coefficient (Wildman–Crippen LogP) is 5.22. The Kier molecular flexibility index (Phi) is 7.18. The van der Waals surface area contributed by atoms with Gasteiger partial charge in [-0.05, 0) is 36.8 Å². The van der Waals surface area contributed by atoms with Crippen LogP contribution < -0.4 is 23.8 Å². The van der Waals surface area contributed by atoms with E-state index in [1.165, 1.54) is 46.3 Å². The van der Waals surface area contributed by atoms with Crippen LogP contribution in [0.5, 0.6) is 23.0 Å². The topological polar surface area (TPSA) is 138 Å². The lowest BCUT2D eigenvalue weighted by atomic mass is 9.94. The van der Waals surface area contributed by atoms with E-state index in [0.29, 0.717) is 38.6 Å². The molecule has 0 saturated heterocycles. The van der Waals surface area contributed by atoms with Gasteiger partial charge in [0.2, 0.25) is 11.5 Å². The number of aryl methyl sites for hydroxylation is 1. The number of ether oxygens (including phenoxy) is 4. The van der Waals surface area contributed by atoms with Crippen molar-refractivity contribution in [1.82, 2.24) is 4.98 Å². The first-order valence-corrected chi connectivity index (χ1v) is 13.1. The summed E-state index contributed by atoms with van der Waals surface area (Å²) in [5, 5.41) is 11.9. The van der Waals surface area contributed by atoms with Crippen molar-refractivity contribution in [1.29, 1.82) is 0 Å². The van der Waals surface area contributed by atoms with E-state index in [1.54, 1.807) is 37.3 Å². The average Bonchev–Trinajstić information content (AvgIpc) is 3.65. The van der Waals surface area contributed by atoms with E-state index >= 15 is 0 Å². The molecule has 11 nitrogen and oxygen atoms in total. The number of carbonyl (C=O) groups is 3. The van der Waals surface area contributed by atoms with Gasteiger partial charge in [-0.15, -0.1) is 0 Å². The highest BCUT2D eigenvalue weighted by Crippen LogP contribution is 2.48. The Morgan fingerprint density at radius 1 is 1.00 bits per heavy atom. The second kappa shape index (κ2) is 10.6. The maximum absolute atomic E-state index is 14.1. The smallest absolute Gasteiger partial charge is 0.296 e. The lowest BCUT2D eigenvalue weighted by Crippen LogP contribution is -2.31. The van der Waals surface area contributed by atoms with Crippen LogP contribution in [-0.2, 0) is 4.79 Å². The number of nitrogens with zero attached hydrogens (tertiary/aromatic N) is 2. The summed E-state index contributed by atoms with van der Waals surface area (Å²) >= 11 is 0.983. The van der Waals surface area contributed by atoms with Crippen molar-refractivity contribution in [2.24, 2.45) is 0 Å². The summed E-state index contributed by atoms with van der Waals surface area (Å²) in [7, 11) is 5.79. The number of rotatable bonds is 9. The third-order valence-electron chi connectivity index (χ3n) is 6.72. The minimum absolute atomic E-state index is 0.113. The Morgan fingerprint density at radius 3 is 2.22 bits per heavy atom. The standard InChI is InChI=1S/C29H26N2O9S/c1-13-27(14(2)32)41-29(30-13)31-22(16-11-19(37-4)26(39-6)20(12-16)38-5)21(24(34)28(31)35)23(33)18-10-15-8-7-9-17(36-3)25(15)40-18/h7-12,22,34H,1-6H3. The van der Waals surface area contributed by atoms with Crippen LogP contribution in [-0.4, -0.2) is 56.0 Å². The Balaban J connectivity index is 1.73. The lowest BCUT2D eigenvalue weighted by Gasteiger charge is -2.25. The molecule has 0 spiro atoms. The van der Waals surface area contributed by atoms with Gasteiger partial charge in [0.05, 0.1) is 50.6 Å². The zero-order valence-electron chi connectivity index (χ0n) is 23.1. The van der Waals surface area contributed by atoms with E-state index in [9.17, 15) is 19.5 Å². The Labute approximate surface area is 238 Å². The zero-order chi connectivity index (χ0) is 29.6. The van der Waals surface area contributed by atoms with Gasteiger partial charge in [-0.1, -0.05) is 23.5 Å². The number of amides is 1. The molecular formula is C29H26N2O9S. The Morgan fingerprint density at radius 2 is 1.66 bits per heavy atom. The molecule has 0 aliphatic carbocycles. The van der Waals surface area contributed by atoms with Gasteiger partial charge in [0.15, 0.2) is 45.3 Å². The van der Waals surface area contributed by atoms with E-state index in [4.69, 9.17) is 23.4 Å². The number of ketones is 2. The molecule has 4 aromatic rings. The number of aliphatic hydroxyl groups excluding tert-OH is 1. The molecule has 1 atom stereocenters. The van der Waals surface area contributed by atoms with E-state index in [1.807, 2.05) is 0 Å². The molecule has 41 heavy (non-hydrogen) atoms. The van der Waals surface area contributed by atoms with Gasteiger partial charge < -0.3 is 28.5 Å². The van der Waals surface area contributed by atoms with Crippen LogP contribution in [0, 0.1) is 6.92 Å². The number of hydrogen-bond acceptors (Lipinski definition) is 11. The summed E-state index contributed by atoms with van der Waals surface area (Å²) in [6.07, 6.45) is 0. The van der Waals surface area contributed by atoms with Crippen molar-refractivity contribution < 1.29 is 42.9 Å². The number of hydrogen-bond donors (Lipinski definition) is 1. The molecule has 5 rings (SSSR count). The predicted molar refractivity (Wildman–Crippen MR) is 150 cm³/mol. The lowest BCUT2D eigenvalue weighted by molar-refractivity contribution is -0.117. The van der Waals surface area contributed by atoms with E-state index in [2.05, 4.69) is 4.98 Å². The molecule has 1 aliphatic heterocycles. The zero-order valence-corrected chi connectivity index (χ0v) is 23.9. The van der Waals surface area contributed by atoms with Crippen LogP contribution in [0.4, 0.5) is 5.13 Å². The highest BCUT2D eigenvalue weighted by Gasteiger charge is 2.47. The van der Waals surface area contributed by atoms with Crippen molar-refractivity contribution in [3.8, 4) is 23.0 Å². The molecule has 1 N–H and O–H groups in total. The van der Waals surface area contributed by atoms with Gasteiger partial charge in [-0.25, -0.2) is 4.98 Å². The maximum atomic E-state index is 14.1. The number of aliphatic hydroxyl groups is 1. The van der Waals surface area contributed by atoms with Gasteiger partial charge in [0.25, 0.3) is 5.91 Å². The molecule has 1 unspecified atom stereocenters. The van der Waals surface area contributed by atoms with E-state index in [-0.39, 0.29) is 33.7 Å². The fraction of sp³-hybridized carbons (Fsp3) is 0.241. The van der Waals surface area contributed by atoms with Crippen LogP contribution in [0.3, 0.4) is 0 Å². The summed E-state index contributed by atoms with van der Waals surface area (Å²) in [6, 6.07) is 8.66. The van der Waals surface area contributed by atoms with E-state index in [0.717, 1.165) is 11.3 Å². The second-order valence-corrected chi connectivity index (χ2v) is 10.1. The number of methoxy groups -OCH3 is 4. The summed E-state index contributed by atoms with van der Waals surface area (Å²) in [4.78, 5) is 45.9. The van der Waals surface area contributed by atoms with Gasteiger partial charge in [0, 0.05) is 12.3 Å². The number of aromatic nitrogens is 1. The fourth-order valence-electron chi connectivity index (χ4n) is 4.86. The van der Waals surface area contributed by atoms with Crippen molar-refractivity contribution in [2.75, 3.05) is 33.3 Å². The fourth-order valence-corrected chi connectivity index (χ4v) is 5.85. The molecule has 0 fully saturated rings. The number of para-hydroxylation sites is 1. The first-order valence-electron chi connectivity index (χ1n) is 12.3. The monoisotopic (exact) mass is 578 g/mol. The van der Waals surface area contributed by atoms with Gasteiger partial charge in [0.1, 0.15) is 0 Å². The third-order valence-corrected chi connectivity index (χ3v) is 7.98. The molecule has 0 bridgehead atoms. The summed E-state index contributed by atoms with van der Waals surface area (Å²) in [5.74, 6) is -1.48. The van der Waals surface area contributed by atoms with Crippen molar-refractivity contribution in [3.05, 3.63) is 69.6 Å². The summed E-state index contributed by atoms with van der Waals surface area (Å²) in [5.41, 5.74) is 0.855. The third kappa shape index (κ3) is 4.45. The normalized spacial score (nSPS) is 15.0. The molecule has 2 aromatic heterocycles.